The Balaban J connectivity index is 1.62. The Kier molecular flexibility index (Phi) is 4.56. The summed E-state index contributed by atoms with van der Waals surface area (Å²) in [5.74, 6) is 0.112. The van der Waals surface area contributed by atoms with Crippen LogP contribution in [0.5, 0.6) is 0 Å². The summed E-state index contributed by atoms with van der Waals surface area (Å²) in [4.78, 5) is 25.7. The molecule has 1 atom stereocenters. The lowest BCUT2D eigenvalue weighted by Gasteiger charge is -2.21. The number of carbonyl (C=O) groups excluding carboxylic acids is 1. The Labute approximate surface area is 160 Å². The van der Waals surface area contributed by atoms with Gasteiger partial charge in [0.2, 0.25) is 5.91 Å². The van der Waals surface area contributed by atoms with Gasteiger partial charge in [0.1, 0.15) is 11.6 Å². The van der Waals surface area contributed by atoms with Crippen LogP contribution in [0.2, 0.25) is 0 Å². The second kappa shape index (κ2) is 7.18. The van der Waals surface area contributed by atoms with E-state index in [9.17, 15) is 9.59 Å². The average Bonchev–Trinajstić information content (AvgIpc) is 3.11. The zero-order valence-corrected chi connectivity index (χ0v) is 15.5. The van der Waals surface area contributed by atoms with Crippen molar-refractivity contribution in [3.05, 3.63) is 64.8 Å². The van der Waals surface area contributed by atoms with Crippen LogP contribution in [0.3, 0.4) is 0 Å². The van der Waals surface area contributed by atoms with Crippen LogP contribution in [0.4, 0.5) is 0 Å². The van der Waals surface area contributed by atoms with Gasteiger partial charge < -0.3 is 5.32 Å². The molecule has 0 aliphatic carbocycles. The summed E-state index contributed by atoms with van der Waals surface area (Å²) in [6.45, 7) is 3.91. The van der Waals surface area contributed by atoms with Crippen molar-refractivity contribution in [3.8, 4) is 0 Å². The number of amides is 1. The van der Waals surface area contributed by atoms with Gasteiger partial charge in [0, 0.05) is 6.20 Å². The van der Waals surface area contributed by atoms with E-state index in [1.54, 1.807) is 28.7 Å². The summed E-state index contributed by atoms with van der Waals surface area (Å²) >= 11 is 0. The molecule has 28 heavy (non-hydrogen) atoms. The summed E-state index contributed by atoms with van der Waals surface area (Å²) in [5, 5.41) is 19.5. The maximum atomic E-state index is 12.9. The number of hydrogen-bond acceptors (Lipinski definition) is 6. The van der Waals surface area contributed by atoms with Gasteiger partial charge in [-0.15, -0.1) is 15.3 Å². The van der Waals surface area contributed by atoms with Crippen LogP contribution in [0.15, 0.2) is 53.5 Å². The van der Waals surface area contributed by atoms with Crippen molar-refractivity contribution >= 4 is 22.5 Å². The van der Waals surface area contributed by atoms with E-state index in [0.29, 0.717) is 22.4 Å². The molecule has 4 rings (SSSR count). The maximum Gasteiger partial charge on any atom is 0.278 e. The maximum absolute atomic E-state index is 12.9. The summed E-state index contributed by atoms with van der Waals surface area (Å²) < 4.78 is 2.96. The number of fused-ring (bicyclic) bond motifs is 2. The van der Waals surface area contributed by atoms with E-state index >= 15 is 0 Å². The number of carbonyl (C=O) groups is 1. The zero-order valence-electron chi connectivity index (χ0n) is 15.5. The van der Waals surface area contributed by atoms with Crippen LogP contribution in [0.25, 0.3) is 16.6 Å². The van der Waals surface area contributed by atoms with E-state index in [4.69, 9.17) is 0 Å². The van der Waals surface area contributed by atoms with E-state index in [-0.39, 0.29) is 23.9 Å². The molecule has 1 N–H and O–H groups in total. The lowest BCUT2D eigenvalue weighted by atomic mass is 10.0. The van der Waals surface area contributed by atoms with Crippen LogP contribution < -0.4 is 10.9 Å². The van der Waals surface area contributed by atoms with Crippen molar-refractivity contribution in [3.63, 3.8) is 0 Å². The lowest BCUT2D eigenvalue weighted by molar-refractivity contribution is -0.126. The van der Waals surface area contributed by atoms with Gasteiger partial charge in [-0.2, -0.15) is 4.68 Å². The van der Waals surface area contributed by atoms with E-state index in [1.807, 2.05) is 38.2 Å². The second-order valence-electron chi connectivity index (χ2n) is 6.81. The first-order valence-electron chi connectivity index (χ1n) is 8.97. The third-order valence-corrected chi connectivity index (χ3v) is 4.56. The van der Waals surface area contributed by atoms with Crippen LogP contribution >= 0.6 is 0 Å². The minimum absolute atomic E-state index is 0.164. The van der Waals surface area contributed by atoms with Crippen molar-refractivity contribution in [2.24, 2.45) is 5.92 Å². The van der Waals surface area contributed by atoms with Gasteiger partial charge in [0.25, 0.3) is 5.56 Å². The molecule has 1 aromatic carbocycles. The van der Waals surface area contributed by atoms with E-state index in [1.165, 1.54) is 0 Å². The topological polar surface area (TPSA) is 107 Å². The normalized spacial score (nSPS) is 12.5. The SMILES string of the molecule is CC(C)[C@@H](C(=O)NCc1nnc2ccccn12)n1nnc2ccccc2c1=O. The van der Waals surface area contributed by atoms with Crippen LogP contribution in [-0.4, -0.2) is 35.5 Å². The number of rotatable bonds is 5. The number of nitrogens with one attached hydrogen (secondary N) is 1. The first kappa shape index (κ1) is 17.8. The molecule has 0 saturated heterocycles. The highest BCUT2D eigenvalue weighted by Crippen LogP contribution is 2.16. The molecule has 0 unspecified atom stereocenters. The van der Waals surface area contributed by atoms with Crippen molar-refractivity contribution < 1.29 is 4.79 Å². The predicted octanol–water partition coefficient (Wildman–Crippen LogP) is 1.35. The van der Waals surface area contributed by atoms with Gasteiger partial charge in [0.05, 0.1) is 11.9 Å². The first-order chi connectivity index (χ1) is 13.6. The molecule has 0 fully saturated rings. The first-order valence-corrected chi connectivity index (χ1v) is 8.97. The fourth-order valence-corrected chi connectivity index (χ4v) is 3.16. The third kappa shape index (κ3) is 3.11. The Morgan fingerprint density at radius 1 is 1.07 bits per heavy atom. The quantitative estimate of drug-likeness (QED) is 0.563. The van der Waals surface area contributed by atoms with Gasteiger partial charge >= 0.3 is 0 Å². The van der Waals surface area contributed by atoms with Gasteiger partial charge in [-0.1, -0.05) is 37.3 Å². The molecule has 1 amide bonds. The molecule has 142 valence electrons. The van der Waals surface area contributed by atoms with Crippen molar-refractivity contribution in [1.29, 1.82) is 0 Å². The van der Waals surface area contributed by atoms with Crippen LogP contribution in [-0.2, 0) is 11.3 Å². The molecule has 0 spiro atoms. The Bertz CT molecular complexity index is 1210. The van der Waals surface area contributed by atoms with E-state index < -0.39 is 6.04 Å². The van der Waals surface area contributed by atoms with Gasteiger partial charge in [-0.3, -0.25) is 14.0 Å². The monoisotopic (exact) mass is 377 g/mol. The summed E-state index contributed by atoms with van der Waals surface area (Å²) in [6, 6.07) is 11.7. The Morgan fingerprint density at radius 3 is 2.68 bits per heavy atom. The Hall–Kier alpha value is -3.62. The molecule has 0 saturated carbocycles. The van der Waals surface area contributed by atoms with Gasteiger partial charge in [0.15, 0.2) is 11.5 Å². The van der Waals surface area contributed by atoms with Crippen molar-refractivity contribution in [2.45, 2.75) is 26.4 Å². The molecule has 4 aromatic rings. The third-order valence-electron chi connectivity index (χ3n) is 4.56. The number of benzene rings is 1. The molecule has 9 heteroatoms. The summed E-state index contributed by atoms with van der Waals surface area (Å²) in [6.07, 6.45) is 1.83. The second-order valence-corrected chi connectivity index (χ2v) is 6.81. The number of hydrogen-bond donors (Lipinski definition) is 1. The molecule has 9 nitrogen and oxygen atoms in total. The minimum atomic E-state index is -0.788. The van der Waals surface area contributed by atoms with Gasteiger partial charge in [-0.05, 0) is 30.2 Å². The standard InChI is InChI=1S/C19H19N7O2/c1-12(2)17(26-19(28)13-7-3-4-8-14(13)21-24-26)18(27)20-11-16-23-22-15-9-5-6-10-25(15)16/h3-10,12,17H,11H2,1-2H3,(H,20,27)/t17-/m0/s1. The smallest absolute Gasteiger partial charge is 0.278 e. The molecule has 0 radical (unpaired) electrons. The molecule has 0 aliphatic heterocycles. The highest BCUT2D eigenvalue weighted by Gasteiger charge is 2.27. The van der Waals surface area contributed by atoms with E-state index in [2.05, 4.69) is 25.8 Å². The van der Waals surface area contributed by atoms with Crippen LogP contribution in [0, 0.1) is 5.92 Å². The van der Waals surface area contributed by atoms with Gasteiger partial charge in [-0.25, -0.2) is 0 Å². The molecule has 3 heterocycles. The fourth-order valence-electron chi connectivity index (χ4n) is 3.16. The number of pyridine rings is 1. The number of nitrogens with zero attached hydrogens (tertiary/aromatic N) is 6. The fraction of sp³-hybridized carbons (Fsp3) is 0.263. The van der Waals surface area contributed by atoms with Crippen LogP contribution in [0.1, 0.15) is 25.7 Å². The van der Waals surface area contributed by atoms with Crippen molar-refractivity contribution in [1.82, 2.24) is 34.9 Å². The molecule has 0 bridgehead atoms. The minimum Gasteiger partial charge on any atom is -0.347 e. The molecule has 3 aromatic heterocycles. The highest BCUT2D eigenvalue weighted by molar-refractivity contribution is 5.81. The van der Waals surface area contributed by atoms with E-state index in [0.717, 1.165) is 4.68 Å². The largest absolute Gasteiger partial charge is 0.347 e. The Morgan fingerprint density at radius 2 is 1.86 bits per heavy atom. The predicted molar refractivity (Wildman–Crippen MR) is 103 cm³/mol. The molecular formula is C19H19N7O2. The highest BCUT2D eigenvalue weighted by atomic mass is 16.2. The molecule has 0 aliphatic rings. The summed E-state index contributed by atoms with van der Waals surface area (Å²) in [7, 11) is 0. The van der Waals surface area contributed by atoms with Crippen molar-refractivity contribution in [2.75, 3.05) is 0 Å². The zero-order chi connectivity index (χ0) is 19.7. The lowest BCUT2D eigenvalue weighted by Crippen LogP contribution is -2.41. The average molecular weight is 377 g/mol. The summed E-state index contributed by atoms with van der Waals surface area (Å²) in [5.41, 5.74) is 0.859. The molecular weight excluding hydrogens is 358 g/mol. The number of aromatic nitrogens is 6.